The van der Waals surface area contributed by atoms with Gasteiger partial charge in [-0.25, -0.2) is 4.98 Å². The molecule has 0 saturated heterocycles. The minimum Gasteiger partial charge on any atom is -0.265 e. The number of nitrogens with zero attached hydrogens (tertiary/aromatic N) is 4. The number of halogens is 1. The van der Waals surface area contributed by atoms with Crippen molar-refractivity contribution in [2.45, 2.75) is 36.8 Å². The first-order valence-electron chi connectivity index (χ1n) is 11.1. The number of hydrogen-bond donors (Lipinski definition) is 0. The van der Waals surface area contributed by atoms with Crippen LogP contribution in [0.3, 0.4) is 0 Å². The topological polar surface area (TPSA) is 60.1 Å². The van der Waals surface area contributed by atoms with Gasteiger partial charge < -0.3 is 0 Å². The second kappa shape index (κ2) is 9.20. The van der Waals surface area contributed by atoms with Crippen LogP contribution in [0.1, 0.15) is 43.3 Å². The van der Waals surface area contributed by atoms with E-state index < -0.39 is 0 Å². The lowest BCUT2D eigenvalue weighted by Crippen LogP contribution is -2.19. The van der Waals surface area contributed by atoms with Crippen LogP contribution in [0, 0.1) is 0 Å². The quantitative estimate of drug-likeness (QED) is 0.199. The third-order valence-electron chi connectivity index (χ3n) is 5.75. The second-order valence-electron chi connectivity index (χ2n) is 8.48. The standard InChI is InChI=1S/C27H23ClN4OS/c1-16(2)18-8-10-19(11-9-18)24-27(33)30-26-22-6-4-5-7-23(22)29-25(32(26)31-24)17(3)34-21-14-12-20(28)13-15-21/h4-17H,1-3H3. The maximum absolute atomic E-state index is 13.1. The van der Waals surface area contributed by atoms with E-state index in [4.69, 9.17) is 21.7 Å². The fourth-order valence-corrected chi connectivity index (χ4v) is 4.98. The van der Waals surface area contributed by atoms with Crippen LogP contribution in [0.4, 0.5) is 0 Å². The van der Waals surface area contributed by atoms with Crippen molar-refractivity contribution in [3.8, 4) is 11.3 Å². The van der Waals surface area contributed by atoms with Crippen LogP contribution < -0.4 is 5.56 Å². The largest absolute Gasteiger partial charge is 0.300 e. The number of fused-ring (bicyclic) bond motifs is 3. The molecule has 0 saturated carbocycles. The summed E-state index contributed by atoms with van der Waals surface area (Å²) in [5.41, 5.74) is 3.21. The summed E-state index contributed by atoms with van der Waals surface area (Å²) in [6.07, 6.45) is 0. The van der Waals surface area contributed by atoms with Crippen LogP contribution in [0.2, 0.25) is 5.02 Å². The molecule has 0 bridgehead atoms. The van der Waals surface area contributed by atoms with Crippen molar-refractivity contribution in [3.05, 3.63) is 99.6 Å². The van der Waals surface area contributed by atoms with Gasteiger partial charge in [0.05, 0.1) is 10.8 Å². The second-order valence-corrected chi connectivity index (χ2v) is 10.3. The maximum atomic E-state index is 13.1. The highest BCUT2D eigenvalue weighted by Crippen LogP contribution is 2.35. The van der Waals surface area contributed by atoms with E-state index >= 15 is 0 Å². The van der Waals surface area contributed by atoms with Gasteiger partial charge in [-0.1, -0.05) is 61.8 Å². The molecular weight excluding hydrogens is 464 g/mol. The zero-order valence-corrected chi connectivity index (χ0v) is 20.6. The van der Waals surface area contributed by atoms with E-state index in [9.17, 15) is 4.79 Å². The third-order valence-corrected chi connectivity index (χ3v) is 7.11. The van der Waals surface area contributed by atoms with Crippen molar-refractivity contribution >= 4 is 39.9 Å². The van der Waals surface area contributed by atoms with Crippen LogP contribution in [-0.2, 0) is 0 Å². The van der Waals surface area contributed by atoms with Gasteiger partial charge in [-0.2, -0.15) is 14.6 Å². The fraction of sp³-hybridized carbons (Fsp3) is 0.185. The molecule has 5 nitrogen and oxygen atoms in total. The minimum atomic E-state index is -0.349. The smallest absolute Gasteiger partial charge is 0.265 e. The molecular formula is C27H23ClN4OS. The molecule has 0 aliphatic heterocycles. The molecule has 170 valence electrons. The summed E-state index contributed by atoms with van der Waals surface area (Å²) in [4.78, 5) is 23.6. The summed E-state index contributed by atoms with van der Waals surface area (Å²) in [7, 11) is 0. The normalized spacial score (nSPS) is 12.5. The molecule has 0 amide bonds. The molecule has 3 aromatic carbocycles. The summed E-state index contributed by atoms with van der Waals surface area (Å²) in [5, 5.41) is 6.23. The van der Waals surface area contributed by atoms with Crippen LogP contribution in [0.25, 0.3) is 27.8 Å². The van der Waals surface area contributed by atoms with Gasteiger partial charge in [-0.3, -0.25) is 4.79 Å². The van der Waals surface area contributed by atoms with Gasteiger partial charge in [-0.05, 0) is 54.8 Å². The van der Waals surface area contributed by atoms with Crippen molar-refractivity contribution < 1.29 is 0 Å². The zero-order chi connectivity index (χ0) is 23.8. The van der Waals surface area contributed by atoms with E-state index in [1.165, 1.54) is 5.56 Å². The van der Waals surface area contributed by atoms with E-state index in [0.717, 1.165) is 27.2 Å². The average molecular weight is 487 g/mol. The summed E-state index contributed by atoms with van der Waals surface area (Å²) < 4.78 is 1.73. The Bertz CT molecular complexity index is 1550. The summed E-state index contributed by atoms with van der Waals surface area (Å²) in [6.45, 7) is 6.36. The van der Waals surface area contributed by atoms with Crippen molar-refractivity contribution in [2.75, 3.05) is 0 Å². The number of rotatable bonds is 5. The van der Waals surface area contributed by atoms with Crippen molar-refractivity contribution in [1.82, 2.24) is 19.6 Å². The molecule has 0 N–H and O–H groups in total. The Morgan fingerprint density at radius 1 is 0.882 bits per heavy atom. The van der Waals surface area contributed by atoms with Crippen molar-refractivity contribution in [2.24, 2.45) is 0 Å². The molecule has 0 aliphatic rings. The van der Waals surface area contributed by atoms with Crippen LogP contribution in [0.15, 0.2) is 82.5 Å². The Labute approximate surface area is 206 Å². The molecule has 2 aromatic heterocycles. The molecule has 7 heteroatoms. The first-order valence-corrected chi connectivity index (χ1v) is 12.4. The molecule has 1 unspecified atom stereocenters. The van der Waals surface area contributed by atoms with Gasteiger partial charge in [0.15, 0.2) is 11.3 Å². The predicted molar refractivity (Wildman–Crippen MR) is 140 cm³/mol. The molecule has 0 spiro atoms. The summed E-state index contributed by atoms with van der Waals surface area (Å²) in [5.74, 6) is 1.13. The van der Waals surface area contributed by atoms with Crippen LogP contribution in [0.5, 0.6) is 0 Å². The lowest BCUT2D eigenvalue weighted by atomic mass is 10.0. The highest BCUT2D eigenvalue weighted by Gasteiger charge is 2.19. The Morgan fingerprint density at radius 2 is 1.59 bits per heavy atom. The highest BCUT2D eigenvalue weighted by molar-refractivity contribution is 7.99. The summed E-state index contributed by atoms with van der Waals surface area (Å²) >= 11 is 7.70. The average Bonchev–Trinajstić information content (AvgIpc) is 2.84. The van der Waals surface area contributed by atoms with Crippen LogP contribution >= 0.6 is 23.4 Å². The van der Waals surface area contributed by atoms with Crippen molar-refractivity contribution in [1.29, 1.82) is 0 Å². The molecule has 5 rings (SSSR count). The fourth-order valence-electron chi connectivity index (χ4n) is 3.89. The molecule has 1 atom stereocenters. The monoisotopic (exact) mass is 486 g/mol. The Balaban J connectivity index is 1.69. The molecule has 0 radical (unpaired) electrons. The summed E-state index contributed by atoms with van der Waals surface area (Å²) in [6, 6.07) is 23.4. The minimum absolute atomic E-state index is 0.0544. The number of benzene rings is 3. The van der Waals surface area contributed by atoms with E-state index in [1.54, 1.807) is 16.3 Å². The zero-order valence-electron chi connectivity index (χ0n) is 19.1. The number of thioether (sulfide) groups is 1. The van der Waals surface area contributed by atoms with E-state index in [2.05, 4.69) is 25.8 Å². The Morgan fingerprint density at radius 3 is 2.29 bits per heavy atom. The molecule has 0 fully saturated rings. The van der Waals surface area contributed by atoms with E-state index in [-0.39, 0.29) is 10.8 Å². The van der Waals surface area contributed by atoms with E-state index in [0.29, 0.717) is 22.3 Å². The van der Waals surface area contributed by atoms with Gasteiger partial charge in [0.2, 0.25) is 0 Å². The molecule has 5 aromatic rings. The maximum Gasteiger partial charge on any atom is 0.300 e. The van der Waals surface area contributed by atoms with Crippen molar-refractivity contribution in [3.63, 3.8) is 0 Å². The Hall–Kier alpha value is -3.22. The van der Waals surface area contributed by atoms with Gasteiger partial charge >= 0.3 is 0 Å². The van der Waals surface area contributed by atoms with Gasteiger partial charge in [0, 0.05) is 20.9 Å². The molecule has 0 aliphatic carbocycles. The number of hydrogen-bond acceptors (Lipinski definition) is 5. The first-order chi connectivity index (χ1) is 16.4. The molecule has 34 heavy (non-hydrogen) atoms. The van der Waals surface area contributed by atoms with Crippen LogP contribution in [-0.4, -0.2) is 19.6 Å². The van der Waals surface area contributed by atoms with Gasteiger partial charge in [-0.15, -0.1) is 11.8 Å². The van der Waals surface area contributed by atoms with Gasteiger partial charge in [0.1, 0.15) is 5.82 Å². The lowest BCUT2D eigenvalue weighted by Gasteiger charge is -2.16. The first kappa shape index (κ1) is 22.6. The number of aromatic nitrogens is 4. The molecule has 2 heterocycles. The highest BCUT2D eigenvalue weighted by atomic mass is 35.5. The van der Waals surface area contributed by atoms with Gasteiger partial charge in [0.25, 0.3) is 5.56 Å². The van der Waals surface area contributed by atoms with E-state index in [1.807, 2.05) is 72.8 Å². The third kappa shape index (κ3) is 4.31. The number of para-hydroxylation sites is 1. The lowest BCUT2D eigenvalue weighted by molar-refractivity contribution is 0.779. The predicted octanol–water partition coefficient (Wildman–Crippen LogP) is 6.93. The Kier molecular flexibility index (Phi) is 6.11. The SMILES string of the molecule is CC(C)c1ccc(-c2nn3c(C(C)Sc4ccc(Cl)cc4)nc4ccccc4c3nc2=O)cc1.